The smallest absolute Gasteiger partial charge is 0.241 e. The Balaban J connectivity index is 2.05. The fraction of sp³-hybridized carbons (Fsp3) is 0.364. The van der Waals surface area contributed by atoms with Crippen molar-refractivity contribution in [3.05, 3.63) is 29.0 Å². The van der Waals surface area contributed by atoms with Crippen molar-refractivity contribution < 1.29 is 9.18 Å². The Labute approximate surface area is 98.0 Å². The summed E-state index contributed by atoms with van der Waals surface area (Å²) in [5.74, 6) is -0.711. The number of halogens is 2. The number of nitrogens with one attached hydrogen (secondary N) is 2. The van der Waals surface area contributed by atoms with E-state index in [0.717, 1.165) is 19.4 Å². The average molecular weight is 243 g/mol. The number of rotatable bonds is 2. The molecule has 0 spiro atoms. The zero-order valence-electron chi connectivity index (χ0n) is 8.59. The van der Waals surface area contributed by atoms with Gasteiger partial charge in [0.2, 0.25) is 5.91 Å². The Morgan fingerprint density at radius 3 is 3.00 bits per heavy atom. The van der Waals surface area contributed by atoms with E-state index in [0.29, 0.717) is 5.02 Å². The summed E-state index contributed by atoms with van der Waals surface area (Å²) in [6, 6.07) is 3.97. The van der Waals surface area contributed by atoms with Gasteiger partial charge in [0, 0.05) is 5.02 Å². The van der Waals surface area contributed by atoms with Gasteiger partial charge in [0.1, 0.15) is 5.82 Å². The van der Waals surface area contributed by atoms with Crippen LogP contribution >= 0.6 is 11.6 Å². The van der Waals surface area contributed by atoms with Crippen LogP contribution in [-0.4, -0.2) is 18.5 Å². The van der Waals surface area contributed by atoms with Crippen molar-refractivity contribution in [2.24, 2.45) is 0 Å². The van der Waals surface area contributed by atoms with Gasteiger partial charge in [-0.2, -0.15) is 0 Å². The molecule has 0 unspecified atom stereocenters. The van der Waals surface area contributed by atoms with Crippen molar-refractivity contribution in [2.45, 2.75) is 18.9 Å². The minimum atomic E-state index is -0.515. The molecule has 86 valence electrons. The zero-order chi connectivity index (χ0) is 11.5. The molecule has 16 heavy (non-hydrogen) atoms. The molecular weight excluding hydrogens is 231 g/mol. The van der Waals surface area contributed by atoms with Crippen molar-refractivity contribution in [2.75, 3.05) is 11.9 Å². The zero-order valence-corrected chi connectivity index (χ0v) is 9.35. The van der Waals surface area contributed by atoms with Crippen LogP contribution in [0.3, 0.4) is 0 Å². The van der Waals surface area contributed by atoms with Crippen LogP contribution < -0.4 is 10.6 Å². The summed E-state index contributed by atoms with van der Waals surface area (Å²) in [5, 5.41) is 5.91. The van der Waals surface area contributed by atoms with Crippen LogP contribution in [-0.2, 0) is 4.79 Å². The van der Waals surface area contributed by atoms with E-state index in [-0.39, 0.29) is 17.6 Å². The SMILES string of the molecule is O=C(Nc1ccc(Cl)cc1F)[C@@H]1CCCN1. The molecule has 5 heteroatoms. The van der Waals surface area contributed by atoms with Crippen LogP contribution in [0.2, 0.25) is 5.02 Å². The van der Waals surface area contributed by atoms with Gasteiger partial charge in [-0.1, -0.05) is 11.6 Å². The third-order valence-electron chi connectivity index (χ3n) is 2.57. The Morgan fingerprint density at radius 2 is 2.38 bits per heavy atom. The Hall–Kier alpha value is -1.13. The lowest BCUT2D eigenvalue weighted by atomic mass is 10.2. The van der Waals surface area contributed by atoms with Crippen molar-refractivity contribution in [3.63, 3.8) is 0 Å². The Morgan fingerprint density at radius 1 is 1.56 bits per heavy atom. The van der Waals surface area contributed by atoms with Gasteiger partial charge in [0.15, 0.2) is 0 Å². The standard InChI is InChI=1S/C11H12ClFN2O/c12-7-3-4-9(8(13)6-7)15-11(16)10-2-1-5-14-10/h3-4,6,10,14H,1-2,5H2,(H,15,16)/t10-/m0/s1. The Bertz CT molecular complexity index is 405. The lowest BCUT2D eigenvalue weighted by molar-refractivity contribution is -0.117. The van der Waals surface area contributed by atoms with Crippen molar-refractivity contribution in [3.8, 4) is 0 Å². The molecule has 1 amide bonds. The van der Waals surface area contributed by atoms with E-state index in [1.807, 2.05) is 0 Å². The number of benzene rings is 1. The van der Waals surface area contributed by atoms with E-state index in [4.69, 9.17) is 11.6 Å². The Kier molecular flexibility index (Phi) is 3.41. The van der Waals surface area contributed by atoms with Gasteiger partial charge in [-0.05, 0) is 37.6 Å². The van der Waals surface area contributed by atoms with Crippen LogP contribution in [0, 0.1) is 5.82 Å². The van der Waals surface area contributed by atoms with Crippen molar-refractivity contribution in [1.82, 2.24) is 5.32 Å². The van der Waals surface area contributed by atoms with E-state index in [2.05, 4.69) is 10.6 Å². The quantitative estimate of drug-likeness (QED) is 0.835. The van der Waals surface area contributed by atoms with Crippen LogP contribution in [0.15, 0.2) is 18.2 Å². The lowest BCUT2D eigenvalue weighted by Gasteiger charge is -2.11. The molecule has 1 aliphatic heterocycles. The number of amides is 1. The van der Waals surface area contributed by atoms with Crippen LogP contribution in [0.1, 0.15) is 12.8 Å². The molecule has 2 N–H and O–H groups in total. The highest BCUT2D eigenvalue weighted by molar-refractivity contribution is 6.30. The highest BCUT2D eigenvalue weighted by Gasteiger charge is 2.22. The van der Waals surface area contributed by atoms with Gasteiger partial charge < -0.3 is 10.6 Å². The predicted molar refractivity (Wildman–Crippen MR) is 61.1 cm³/mol. The highest BCUT2D eigenvalue weighted by Crippen LogP contribution is 2.19. The molecule has 0 aromatic heterocycles. The van der Waals surface area contributed by atoms with Crippen LogP contribution in [0.5, 0.6) is 0 Å². The van der Waals surface area contributed by atoms with Crippen LogP contribution in [0.4, 0.5) is 10.1 Å². The first-order valence-corrected chi connectivity index (χ1v) is 5.54. The molecule has 2 rings (SSSR count). The van der Waals surface area contributed by atoms with Gasteiger partial charge >= 0.3 is 0 Å². The maximum Gasteiger partial charge on any atom is 0.241 e. The summed E-state index contributed by atoms with van der Waals surface area (Å²) in [6.07, 6.45) is 1.77. The minimum Gasteiger partial charge on any atom is -0.322 e. The van der Waals surface area contributed by atoms with Crippen LogP contribution in [0.25, 0.3) is 0 Å². The molecule has 1 fully saturated rings. The molecule has 0 radical (unpaired) electrons. The summed E-state index contributed by atoms with van der Waals surface area (Å²) in [4.78, 5) is 11.7. The van der Waals surface area contributed by atoms with Gasteiger partial charge in [0.25, 0.3) is 0 Å². The van der Waals surface area contributed by atoms with Crippen molar-refractivity contribution >= 4 is 23.2 Å². The number of carbonyl (C=O) groups is 1. The highest BCUT2D eigenvalue weighted by atomic mass is 35.5. The predicted octanol–water partition coefficient (Wildman–Crippen LogP) is 2.17. The summed E-state index contributed by atoms with van der Waals surface area (Å²) >= 11 is 5.62. The first-order chi connectivity index (χ1) is 7.66. The van der Waals surface area contributed by atoms with Gasteiger partial charge in [-0.15, -0.1) is 0 Å². The maximum atomic E-state index is 13.4. The molecule has 1 aromatic carbocycles. The summed E-state index contributed by atoms with van der Waals surface area (Å²) in [5.41, 5.74) is 0.170. The molecule has 1 saturated heterocycles. The topological polar surface area (TPSA) is 41.1 Å². The summed E-state index contributed by atoms with van der Waals surface area (Å²) in [7, 11) is 0. The van der Waals surface area contributed by atoms with E-state index in [1.54, 1.807) is 6.07 Å². The third kappa shape index (κ3) is 2.51. The third-order valence-corrected chi connectivity index (χ3v) is 2.80. The average Bonchev–Trinajstić information content (AvgIpc) is 2.75. The molecule has 1 atom stereocenters. The largest absolute Gasteiger partial charge is 0.322 e. The maximum absolute atomic E-state index is 13.4. The molecule has 0 saturated carbocycles. The summed E-state index contributed by atoms with van der Waals surface area (Å²) in [6.45, 7) is 0.835. The molecule has 1 heterocycles. The monoisotopic (exact) mass is 242 g/mol. The number of carbonyl (C=O) groups excluding carboxylic acids is 1. The molecular formula is C11H12ClFN2O. The molecule has 1 aliphatic rings. The van der Waals surface area contributed by atoms with Gasteiger partial charge in [0.05, 0.1) is 11.7 Å². The number of anilines is 1. The fourth-order valence-corrected chi connectivity index (χ4v) is 1.88. The van der Waals surface area contributed by atoms with E-state index in [9.17, 15) is 9.18 Å². The normalized spacial score (nSPS) is 19.8. The fourth-order valence-electron chi connectivity index (χ4n) is 1.72. The second-order valence-corrected chi connectivity index (χ2v) is 4.20. The molecule has 0 bridgehead atoms. The van der Waals surface area contributed by atoms with E-state index < -0.39 is 5.82 Å². The van der Waals surface area contributed by atoms with E-state index in [1.165, 1.54) is 12.1 Å². The second-order valence-electron chi connectivity index (χ2n) is 3.76. The number of hydrogen-bond donors (Lipinski definition) is 2. The van der Waals surface area contributed by atoms with Gasteiger partial charge in [-0.25, -0.2) is 4.39 Å². The molecule has 1 aromatic rings. The van der Waals surface area contributed by atoms with Crippen molar-refractivity contribution in [1.29, 1.82) is 0 Å². The van der Waals surface area contributed by atoms with Gasteiger partial charge in [-0.3, -0.25) is 4.79 Å². The summed E-state index contributed by atoms with van der Waals surface area (Å²) < 4.78 is 13.4. The lowest BCUT2D eigenvalue weighted by Crippen LogP contribution is -2.35. The second kappa shape index (κ2) is 4.80. The van der Waals surface area contributed by atoms with E-state index >= 15 is 0 Å². The first-order valence-electron chi connectivity index (χ1n) is 5.16. The number of hydrogen-bond acceptors (Lipinski definition) is 2. The molecule has 0 aliphatic carbocycles. The molecule has 3 nitrogen and oxygen atoms in total. The first kappa shape index (κ1) is 11.4. The minimum absolute atomic E-state index is 0.170.